The molecule has 4 nitrogen and oxygen atoms in total. The number of aromatic nitrogens is 1. The van der Waals surface area contributed by atoms with E-state index in [9.17, 15) is 4.79 Å². The number of nitrogens with one attached hydrogen (secondary N) is 1. The Kier molecular flexibility index (Phi) is 6.35. The van der Waals surface area contributed by atoms with Crippen LogP contribution in [0.3, 0.4) is 0 Å². The van der Waals surface area contributed by atoms with Crippen molar-refractivity contribution in [2.45, 2.75) is 13.8 Å². The van der Waals surface area contributed by atoms with Crippen LogP contribution in [0.1, 0.15) is 11.1 Å². The molecule has 156 valence electrons. The van der Waals surface area contributed by atoms with Crippen molar-refractivity contribution in [3.05, 3.63) is 88.3 Å². The summed E-state index contributed by atoms with van der Waals surface area (Å²) >= 11 is 7.54. The number of anilines is 1. The van der Waals surface area contributed by atoms with Crippen LogP contribution >= 0.6 is 22.9 Å². The summed E-state index contributed by atoms with van der Waals surface area (Å²) in [6.07, 6.45) is 0. The molecule has 1 aromatic heterocycles. The fourth-order valence-corrected chi connectivity index (χ4v) is 4.18. The Hall–Kier alpha value is -3.15. The Bertz CT molecular complexity index is 1180. The number of ether oxygens (including phenoxy) is 1. The van der Waals surface area contributed by atoms with E-state index in [0.717, 1.165) is 33.0 Å². The summed E-state index contributed by atoms with van der Waals surface area (Å²) in [5.74, 6) is 0.494. The van der Waals surface area contributed by atoms with Crippen LogP contribution in [0.15, 0.2) is 72.1 Å². The van der Waals surface area contributed by atoms with E-state index in [-0.39, 0.29) is 12.5 Å². The molecule has 0 aliphatic rings. The number of hydrogen-bond donors (Lipinski definition) is 1. The zero-order valence-electron chi connectivity index (χ0n) is 17.2. The third-order valence-corrected chi connectivity index (χ3v) is 5.77. The molecule has 0 saturated heterocycles. The number of benzene rings is 3. The molecule has 0 radical (unpaired) electrons. The molecule has 31 heavy (non-hydrogen) atoms. The Morgan fingerprint density at radius 3 is 2.29 bits per heavy atom. The standard InChI is InChI=1S/C25H21ClN2O2S/c1-16-11-17(2)13-22(12-16)30-14-24(29)27-21-9-5-18(6-10-21)23-15-31-25(28-23)19-3-7-20(26)8-4-19/h3-13,15H,14H2,1-2H3,(H,27,29). The maximum atomic E-state index is 12.2. The topological polar surface area (TPSA) is 51.2 Å². The van der Waals surface area contributed by atoms with Crippen molar-refractivity contribution in [1.29, 1.82) is 0 Å². The van der Waals surface area contributed by atoms with E-state index in [4.69, 9.17) is 21.3 Å². The highest BCUT2D eigenvalue weighted by Gasteiger charge is 2.08. The van der Waals surface area contributed by atoms with Gasteiger partial charge in [-0.2, -0.15) is 0 Å². The second-order valence-corrected chi connectivity index (χ2v) is 8.58. The first-order chi connectivity index (χ1) is 15.0. The lowest BCUT2D eigenvalue weighted by atomic mass is 10.1. The highest BCUT2D eigenvalue weighted by Crippen LogP contribution is 2.30. The first kappa shape index (κ1) is 21.1. The normalized spacial score (nSPS) is 10.7. The summed E-state index contributed by atoms with van der Waals surface area (Å²) in [7, 11) is 0. The highest BCUT2D eigenvalue weighted by atomic mass is 35.5. The molecule has 4 aromatic rings. The van der Waals surface area contributed by atoms with E-state index >= 15 is 0 Å². The molecule has 0 fully saturated rings. The molecule has 0 spiro atoms. The van der Waals surface area contributed by atoms with Crippen LogP contribution in [0, 0.1) is 13.8 Å². The average Bonchev–Trinajstić information content (AvgIpc) is 3.23. The fraction of sp³-hybridized carbons (Fsp3) is 0.120. The number of hydrogen-bond acceptors (Lipinski definition) is 4. The third kappa shape index (κ3) is 5.51. The lowest BCUT2D eigenvalue weighted by Crippen LogP contribution is -2.20. The molecule has 1 amide bonds. The largest absolute Gasteiger partial charge is 0.484 e. The van der Waals surface area contributed by atoms with Gasteiger partial charge in [-0.3, -0.25) is 4.79 Å². The van der Waals surface area contributed by atoms with Crippen molar-refractivity contribution in [3.8, 4) is 27.6 Å². The van der Waals surface area contributed by atoms with Crippen LogP contribution in [-0.2, 0) is 4.79 Å². The molecule has 3 aromatic carbocycles. The van der Waals surface area contributed by atoms with E-state index in [0.29, 0.717) is 16.5 Å². The van der Waals surface area contributed by atoms with E-state index in [2.05, 4.69) is 11.4 Å². The maximum absolute atomic E-state index is 12.2. The summed E-state index contributed by atoms with van der Waals surface area (Å²) in [6, 6.07) is 21.2. The number of amides is 1. The first-order valence-electron chi connectivity index (χ1n) is 9.79. The van der Waals surface area contributed by atoms with Crippen molar-refractivity contribution in [2.75, 3.05) is 11.9 Å². The van der Waals surface area contributed by atoms with Gasteiger partial charge in [0.25, 0.3) is 5.91 Å². The Morgan fingerprint density at radius 2 is 1.61 bits per heavy atom. The van der Waals surface area contributed by atoms with Gasteiger partial charge in [0.2, 0.25) is 0 Å². The zero-order chi connectivity index (χ0) is 21.8. The molecule has 0 aliphatic heterocycles. The molecule has 1 heterocycles. The number of carbonyl (C=O) groups is 1. The van der Waals surface area contributed by atoms with Gasteiger partial charge in [-0.05, 0) is 61.4 Å². The van der Waals surface area contributed by atoms with Gasteiger partial charge in [-0.15, -0.1) is 11.3 Å². The second kappa shape index (κ2) is 9.33. The van der Waals surface area contributed by atoms with Gasteiger partial charge in [0.15, 0.2) is 6.61 Å². The van der Waals surface area contributed by atoms with E-state index in [1.165, 1.54) is 0 Å². The third-order valence-electron chi connectivity index (χ3n) is 4.62. The highest BCUT2D eigenvalue weighted by molar-refractivity contribution is 7.13. The molecule has 1 N–H and O–H groups in total. The first-order valence-corrected chi connectivity index (χ1v) is 11.0. The smallest absolute Gasteiger partial charge is 0.262 e. The Balaban J connectivity index is 1.37. The van der Waals surface area contributed by atoms with Crippen molar-refractivity contribution in [1.82, 2.24) is 4.98 Å². The van der Waals surface area contributed by atoms with Crippen LogP contribution in [-0.4, -0.2) is 17.5 Å². The van der Waals surface area contributed by atoms with Gasteiger partial charge in [-0.1, -0.05) is 41.9 Å². The predicted molar refractivity (Wildman–Crippen MR) is 128 cm³/mol. The summed E-state index contributed by atoms with van der Waals surface area (Å²) in [5, 5.41) is 6.53. The molecule has 6 heteroatoms. The monoisotopic (exact) mass is 448 g/mol. The lowest BCUT2D eigenvalue weighted by molar-refractivity contribution is -0.118. The summed E-state index contributed by atoms with van der Waals surface area (Å²) < 4.78 is 5.62. The molecular weight excluding hydrogens is 428 g/mol. The lowest BCUT2D eigenvalue weighted by Gasteiger charge is -2.09. The Labute approximate surface area is 190 Å². The quantitative estimate of drug-likeness (QED) is 0.354. The van der Waals surface area contributed by atoms with Crippen LogP contribution in [0.5, 0.6) is 5.75 Å². The zero-order valence-corrected chi connectivity index (χ0v) is 18.8. The van der Waals surface area contributed by atoms with Crippen LogP contribution in [0.2, 0.25) is 5.02 Å². The van der Waals surface area contributed by atoms with Gasteiger partial charge in [0.1, 0.15) is 10.8 Å². The maximum Gasteiger partial charge on any atom is 0.262 e. The molecule has 0 saturated carbocycles. The molecule has 0 bridgehead atoms. The molecular formula is C25H21ClN2O2S. The number of carbonyl (C=O) groups excluding carboxylic acids is 1. The van der Waals surface area contributed by atoms with E-state index in [1.54, 1.807) is 11.3 Å². The van der Waals surface area contributed by atoms with Crippen molar-refractivity contribution < 1.29 is 9.53 Å². The van der Waals surface area contributed by atoms with Crippen molar-refractivity contribution in [3.63, 3.8) is 0 Å². The minimum atomic E-state index is -0.203. The average molecular weight is 449 g/mol. The SMILES string of the molecule is Cc1cc(C)cc(OCC(=O)Nc2ccc(-c3csc(-c4ccc(Cl)cc4)n3)cc2)c1. The molecule has 0 unspecified atom stereocenters. The van der Waals surface area contributed by atoms with Crippen LogP contribution in [0.25, 0.3) is 21.8 Å². The number of aryl methyl sites for hydroxylation is 2. The fourth-order valence-electron chi connectivity index (χ4n) is 3.22. The van der Waals surface area contributed by atoms with Gasteiger partial charge >= 0.3 is 0 Å². The van der Waals surface area contributed by atoms with Crippen LogP contribution < -0.4 is 10.1 Å². The molecule has 0 aliphatic carbocycles. The van der Waals surface area contributed by atoms with Gasteiger partial charge in [-0.25, -0.2) is 4.98 Å². The number of thiazole rings is 1. The minimum Gasteiger partial charge on any atom is -0.484 e. The number of halogens is 1. The van der Waals surface area contributed by atoms with Gasteiger partial charge < -0.3 is 10.1 Å². The van der Waals surface area contributed by atoms with E-state index < -0.39 is 0 Å². The summed E-state index contributed by atoms with van der Waals surface area (Å²) in [4.78, 5) is 17.0. The van der Waals surface area contributed by atoms with Gasteiger partial charge in [0, 0.05) is 27.2 Å². The van der Waals surface area contributed by atoms with Crippen LogP contribution in [0.4, 0.5) is 5.69 Å². The predicted octanol–water partition coefficient (Wildman–Crippen LogP) is 6.76. The summed E-state index contributed by atoms with van der Waals surface area (Å²) in [5.41, 5.74) is 5.84. The molecule has 4 rings (SSSR count). The summed E-state index contributed by atoms with van der Waals surface area (Å²) in [6.45, 7) is 3.96. The minimum absolute atomic E-state index is 0.0405. The molecule has 0 atom stereocenters. The van der Waals surface area contributed by atoms with Crippen molar-refractivity contribution >= 4 is 34.5 Å². The number of nitrogens with zero attached hydrogens (tertiary/aromatic N) is 1. The van der Waals surface area contributed by atoms with E-state index in [1.807, 2.05) is 79.9 Å². The number of rotatable bonds is 6. The van der Waals surface area contributed by atoms with Gasteiger partial charge in [0.05, 0.1) is 5.69 Å². The van der Waals surface area contributed by atoms with Crippen molar-refractivity contribution in [2.24, 2.45) is 0 Å². The Morgan fingerprint density at radius 1 is 0.968 bits per heavy atom. The second-order valence-electron chi connectivity index (χ2n) is 7.28.